The van der Waals surface area contributed by atoms with Crippen molar-refractivity contribution in [1.29, 1.82) is 0 Å². The topological polar surface area (TPSA) is 62.5 Å². The molecule has 20 heavy (non-hydrogen) atoms. The molecule has 0 aliphatic carbocycles. The van der Waals surface area contributed by atoms with Crippen LogP contribution in [0.4, 0.5) is 5.13 Å². The number of carbonyl (C=O) groups is 1. The molecule has 2 N–H and O–H groups in total. The molecule has 1 amide bonds. The Bertz CT molecular complexity index is 486. The van der Waals surface area contributed by atoms with E-state index in [1.54, 1.807) is 0 Å². The maximum atomic E-state index is 12.4. The standard InChI is InChI=1S/C14H24N4OS/c1-9(2)18-6-5-17(8-10(18)3)13(19)7-12-11(4)16-14(15)20-12/h9-10H,5-8H2,1-4H3,(H2,15,16). The molecule has 1 unspecified atom stereocenters. The maximum absolute atomic E-state index is 12.4. The predicted octanol–water partition coefficient (Wildman–Crippen LogP) is 1.52. The number of aromatic nitrogens is 1. The van der Waals surface area contributed by atoms with E-state index in [2.05, 4.69) is 30.7 Å². The van der Waals surface area contributed by atoms with Crippen LogP contribution in [0.25, 0.3) is 0 Å². The fourth-order valence-corrected chi connectivity index (χ4v) is 3.65. The lowest BCUT2D eigenvalue weighted by atomic mass is 10.1. The van der Waals surface area contributed by atoms with Crippen LogP contribution in [0, 0.1) is 6.92 Å². The van der Waals surface area contributed by atoms with Crippen LogP contribution in [-0.2, 0) is 11.2 Å². The van der Waals surface area contributed by atoms with Crippen LogP contribution < -0.4 is 5.73 Å². The summed E-state index contributed by atoms with van der Waals surface area (Å²) in [5, 5.41) is 0.545. The van der Waals surface area contributed by atoms with E-state index in [0.29, 0.717) is 23.6 Å². The van der Waals surface area contributed by atoms with Gasteiger partial charge >= 0.3 is 0 Å². The average Bonchev–Trinajstić information content (AvgIpc) is 2.67. The molecule has 2 heterocycles. The molecule has 1 saturated heterocycles. The van der Waals surface area contributed by atoms with Crippen LogP contribution in [0.15, 0.2) is 0 Å². The molecule has 0 bridgehead atoms. The Morgan fingerprint density at radius 3 is 2.70 bits per heavy atom. The smallest absolute Gasteiger partial charge is 0.227 e. The first-order chi connectivity index (χ1) is 9.38. The highest BCUT2D eigenvalue weighted by Crippen LogP contribution is 2.21. The van der Waals surface area contributed by atoms with Crippen molar-refractivity contribution in [3.05, 3.63) is 10.6 Å². The van der Waals surface area contributed by atoms with Gasteiger partial charge in [0.15, 0.2) is 5.13 Å². The molecule has 1 aromatic rings. The largest absolute Gasteiger partial charge is 0.375 e. The molecular formula is C14H24N4OS. The summed E-state index contributed by atoms with van der Waals surface area (Å²) >= 11 is 1.42. The van der Waals surface area contributed by atoms with E-state index in [1.807, 2.05) is 11.8 Å². The Balaban J connectivity index is 1.96. The number of hydrogen-bond acceptors (Lipinski definition) is 5. The van der Waals surface area contributed by atoms with Crippen molar-refractivity contribution in [3.8, 4) is 0 Å². The van der Waals surface area contributed by atoms with E-state index in [4.69, 9.17) is 5.73 Å². The van der Waals surface area contributed by atoms with Gasteiger partial charge in [-0.3, -0.25) is 9.69 Å². The second-order valence-corrected chi connectivity index (χ2v) is 6.87. The van der Waals surface area contributed by atoms with Crippen molar-refractivity contribution in [2.75, 3.05) is 25.4 Å². The van der Waals surface area contributed by atoms with Crippen molar-refractivity contribution in [2.45, 2.75) is 46.2 Å². The summed E-state index contributed by atoms with van der Waals surface area (Å²) in [5.41, 5.74) is 6.57. The molecule has 6 heteroatoms. The van der Waals surface area contributed by atoms with Crippen molar-refractivity contribution in [3.63, 3.8) is 0 Å². The maximum Gasteiger partial charge on any atom is 0.227 e. The zero-order chi connectivity index (χ0) is 14.9. The fraction of sp³-hybridized carbons (Fsp3) is 0.714. The summed E-state index contributed by atoms with van der Waals surface area (Å²) in [4.78, 5) is 22.0. The van der Waals surface area contributed by atoms with Crippen LogP contribution in [0.3, 0.4) is 0 Å². The number of hydrogen-bond donors (Lipinski definition) is 1. The van der Waals surface area contributed by atoms with Crippen molar-refractivity contribution in [1.82, 2.24) is 14.8 Å². The molecule has 0 spiro atoms. The SMILES string of the molecule is Cc1nc(N)sc1CC(=O)N1CCN(C(C)C)C(C)C1. The number of nitrogens with two attached hydrogens (primary N) is 1. The quantitative estimate of drug-likeness (QED) is 0.918. The van der Waals surface area contributed by atoms with Crippen LogP contribution >= 0.6 is 11.3 Å². The monoisotopic (exact) mass is 296 g/mol. The van der Waals surface area contributed by atoms with Gasteiger partial charge in [-0.1, -0.05) is 0 Å². The highest BCUT2D eigenvalue weighted by molar-refractivity contribution is 7.15. The lowest BCUT2D eigenvalue weighted by molar-refractivity contribution is -0.133. The van der Waals surface area contributed by atoms with Gasteiger partial charge in [-0.05, 0) is 27.7 Å². The molecule has 1 fully saturated rings. The third-order valence-electron chi connectivity index (χ3n) is 3.92. The lowest BCUT2D eigenvalue weighted by Crippen LogP contribution is -2.55. The summed E-state index contributed by atoms with van der Waals surface area (Å²) in [5.74, 6) is 0.187. The Kier molecular flexibility index (Phi) is 4.65. The molecule has 1 aromatic heterocycles. The van der Waals surface area contributed by atoms with Gasteiger partial charge in [0.25, 0.3) is 0 Å². The van der Waals surface area contributed by atoms with Gasteiger partial charge in [-0.2, -0.15) is 0 Å². The van der Waals surface area contributed by atoms with E-state index >= 15 is 0 Å². The van der Waals surface area contributed by atoms with Crippen molar-refractivity contribution < 1.29 is 4.79 Å². The summed E-state index contributed by atoms with van der Waals surface area (Å²) in [6.45, 7) is 11.1. The number of rotatable bonds is 3. The molecule has 1 aliphatic heterocycles. The zero-order valence-electron chi connectivity index (χ0n) is 12.7. The van der Waals surface area contributed by atoms with Gasteiger partial charge in [-0.25, -0.2) is 4.98 Å². The summed E-state index contributed by atoms with van der Waals surface area (Å²) < 4.78 is 0. The molecule has 0 aromatic carbocycles. The van der Waals surface area contributed by atoms with Crippen LogP contribution in [-0.4, -0.2) is 52.4 Å². The first-order valence-electron chi connectivity index (χ1n) is 7.13. The van der Waals surface area contributed by atoms with Gasteiger partial charge in [0, 0.05) is 36.6 Å². The normalized spacial score (nSPS) is 20.6. The Morgan fingerprint density at radius 2 is 2.20 bits per heavy atom. The minimum Gasteiger partial charge on any atom is -0.375 e. The minimum atomic E-state index is 0.187. The van der Waals surface area contributed by atoms with Crippen molar-refractivity contribution >= 4 is 22.4 Å². The van der Waals surface area contributed by atoms with E-state index in [1.165, 1.54) is 11.3 Å². The zero-order valence-corrected chi connectivity index (χ0v) is 13.5. The fourth-order valence-electron chi connectivity index (χ4n) is 2.83. The van der Waals surface area contributed by atoms with Crippen LogP contribution in [0.2, 0.25) is 0 Å². The number of amides is 1. The van der Waals surface area contributed by atoms with E-state index < -0.39 is 0 Å². The molecule has 1 atom stereocenters. The van der Waals surface area contributed by atoms with Crippen LogP contribution in [0.5, 0.6) is 0 Å². The first-order valence-corrected chi connectivity index (χ1v) is 7.95. The van der Waals surface area contributed by atoms with Gasteiger partial charge in [-0.15, -0.1) is 11.3 Å². The molecular weight excluding hydrogens is 272 g/mol. The number of nitrogens with zero attached hydrogens (tertiary/aromatic N) is 3. The summed E-state index contributed by atoms with van der Waals surface area (Å²) in [7, 11) is 0. The number of thiazole rings is 1. The second-order valence-electron chi connectivity index (χ2n) is 5.76. The highest BCUT2D eigenvalue weighted by atomic mass is 32.1. The van der Waals surface area contributed by atoms with Gasteiger partial charge < -0.3 is 10.6 Å². The Hall–Kier alpha value is -1.14. The van der Waals surface area contributed by atoms with E-state index in [-0.39, 0.29) is 5.91 Å². The van der Waals surface area contributed by atoms with Crippen LogP contribution in [0.1, 0.15) is 31.3 Å². The van der Waals surface area contributed by atoms with Gasteiger partial charge in [0.1, 0.15) is 0 Å². The number of nitrogen functional groups attached to an aromatic ring is 1. The number of piperazine rings is 1. The number of carbonyl (C=O) groups excluding carboxylic acids is 1. The molecule has 1 aliphatic rings. The Morgan fingerprint density at radius 1 is 1.50 bits per heavy atom. The number of anilines is 1. The van der Waals surface area contributed by atoms with Gasteiger partial charge in [0.05, 0.1) is 12.1 Å². The first kappa shape index (κ1) is 15.3. The summed E-state index contributed by atoms with van der Waals surface area (Å²) in [6, 6.07) is 0.950. The third kappa shape index (κ3) is 3.30. The highest BCUT2D eigenvalue weighted by Gasteiger charge is 2.28. The minimum absolute atomic E-state index is 0.187. The number of aryl methyl sites for hydroxylation is 1. The third-order valence-corrected chi connectivity index (χ3v) is 4.90. The Labute approximate surface area is 124 Å². The molecule has 0 radical (unpaired) electrons. The molecule has 112 valence electrons. The van der Waals surface area contributed by atoms with Crippen molar-refractivity contribution in [2.24, 2.45) is 0 Å². The van der Waals surface area contributed by atoms with E-state index in [9.17, 15) is 4.79 Å². The van der Waals surface area contributed by atoms with E-state index in [0.717, 1.165) is 30.2 Å². The average molecular weight is 296 g/mol. The molecule has 2 rings (SSSR count). The lowest BCUT2D eigenvalue weighted by Gasteiger charge is -2.42. The molecule has 5 nitrogen and oxygen atoms in total. The summed E-state index contributed by atoms with van der Waals surface area (Å²) in [6.07, 6.45) is 0.426. The predicted molar refractivity (Wildman–Crippen MR) is 82.9 cm³/mol. The molecule has 0 saturated carbocycles. The second kappa shape index (κ2) is 6.10. The van der Waals surface area contributed by atoms with Gasteiger partial charge in [0.2, 0.25) is 5.91 Å².